The Kier molecular flexibility index (Phi) is 29.3. The van der Waals surface area contributed by atoms with Gasteiger partial charge in [0.25, 0.3) is 11.4 Å². The number of nitro groups is 2. The zero-order valence-corrected chi connectivity index (χ0v) is 37.5. The predicted octanol–water partition coefficient (Wildman–Crippen LogP) is 7.70. The van der Waals surface area contributed by atoms with Crippen LogP contribution in [0.1, 0.15) is 31.5 Å². The van der Waals surface area contributed by atoms with Crippen molar-refractivity contribution in [3.8, 4) is 16.8 Å². The van der Waals surface area contributed by atoms with Crippen molar-refractivity contribution >= 4 is 86.8 Å². The van der Waals surface area contributed by atoms with Gasteiger partial charge in [-0.15, -0.1) is 12.6 Å². The van der Waals surface area contributed by atoms with Crippen molar-refractivity contribution < 1.29 is 52.1 Å². The van der Waals surface area contributed by atoms with Crippen LogP contribution in [0.2, 0.25) is 0 Å². The van der Waals surface area contributed by atoms with E-state index >= 15 is 0 Å². The summed E-state index contributed by atoms with van der Waals surface area (Å²) in [5.74, 6) is 0.592. The van der Waals surface area contributed by atoms with Gasteiger partial charge in [0.05, 0.1) is 16.1 Å². The zero-order chi connectivity index (χ0) is 41.5. The number of oxime groups is 1. The van der Waals surface area contributed by atoms with Crippen LogP contribution in [0.25, 0.3) is 11.4 Å². The number of benzene rings is 4. The van der Waals surface area contributed by atoms with Crippen LogP contribution in [0, 0.1) is 44.7 Å². The van der Waals surface area contributed by atoms with Gasteiger partial charge in [-0.25, -0.2) is 10.2 Å². The van der Waals surface area contributed by atoms with Crippen molar-refractivity contribution in [1.29, 1.82) is 5.26 Å². The maximum absolute atomic E-state index is 10.7. The summed E-state index contributed by atoms with van der Waals surface area (Å²) in [6.45, 7) is 4.11. The van der Waals surface area contributed by atoms with Gasteiger partial charge in [-0.1, -0.05) is 90.2 Å². The van der Waals surface area contributed by atoms with Crippen molar-refractivity contribution in [1.82, 2.24) is 14.3 Å². The molecule has 0 aliphatic carbocycles. The zero-order valence-electron chi connectivity index (χ0n) is 30.6. The predicted molar refractivity (Wildman–Crippen MR) is 238 cm³/mol. The Labute approximate surface area is 390 Å². The van der Waals surface area contributed by atoms with Crippen LogP contribution in [0.15, 0.2) is 147 Å². The van der Waals surface area contributed by atoms with Crippen molar-refractivity contribution in [2.75, 3.05) is 6.26 Å². The summed E-state index contributed by atoms with van der Waals surface area (Å²) in [4.78, 5) is 30.4. The third-order valence-electron chi connectivity index (χ3n) is 6.14. The molecule has 0 atom stereocenters. The Morgan fingerprint density at radius 2 is 1.32 bits per heavy atom. The number of non-ortho nitro benzene ring substituents is 2. The Morgan fingerprint density at radius 1 is 0.864 bits per heavy atom. The van der Waals surface area contributed by atoms with Gasteiger partial charge in [0.2, 0.25) is 0 Å². The largest absolute Gasteiger partial charge is 1.00 e. The number of pyridine rings is 1. The number of halogens is 1. The fourth-order valence-corrected chi connectivity index (χ4v) is 5.69. The average Bonchev–Trinajstić information content (AvgIpc) is 3.66. The first-order chi connectivity index (χ1) is 26.6. The van der Waals surface area contributed by atoms with Crippen LogP contribution >= 0.6 is 47.5 Å². The molecule has 2 aromatic heterocycles. The third-order valence-corrected chi connectivity index (χ3v) is 8.83. The molecule has 4 aromatic carbocycles. The van der Waals surface area contributed by atoms with Crippen LogP contribution in [-0.4, -0.2) is 44.0 Å². The first kappa shape index (κ1) is 56.6. The number of aryl methyl sites for hydroxylation is 2. The van der Waals surface area contributed by atoms with E-state index in [0.717, 1.165) is 25.9 Å². The van der Waals surface area contributed by atoms with Crippen LogP contribution in [0.4, 0.5) is 11.4 Å². The number of rotatable bonds is 8. The minimum absolute atomic E-state index is 0. The number of nitro benzene ring substituents is 2. The minimum Gasteiger partial charge on any atom is -0.696 e. The van der Waals surface area contributed by atoms with Crippen LogP contribution in [-0.2, 0) is 27.0 Å². The van der Waals surface area contributed by atoms with Gasteiger partial charge in [0.1, 0.15) is 0 Å². The van der Waals surface area contributed by atoms with E-state index in [2.05, 4.69) is 68.1 Å². The van der Waals surface area contributed by atoms with E-state index in [1.807, 2.05) is 61.5 Å². The van der Waals surface area contributed by atoms with Crippen molar-refractivity contribution in [3.63, 3.8) is 0 Å². The smallest absolute Gasteiger partial charge is 0.696 e. The van der Waals surface area contributed by atoms with E-state index in [9.17, 15) is 28.6 Å². The number of aromatic nitrogens is 3. The van der Waals surface area contributed by atoms with E-state index in [4.69, 9.17) is 16.9 Å². The molecule has 14 nitrogen and oxygen atoms in total. The Hall–Kier alpha value is -4.49. The molecule has 0 radical (unpaired) electrons. The molecule has 59 heavy (non-hydrogen) atoms. The third kappa shape index (κ3) is 24.3. The number of nitrogens with zero attached hydrogens (tertiary/aromatic N) is 7. The average molecular weight is 925 g/mol. The first-order valence-electron chi connectivity index (χ1n) is 15.4. The number of hydrogen-bond acceptors (Lipinski definition) is 16. The second-order valence-corrected chi connectivity index (χ2v) is 15.2. The summed E-state index contributed by atoms with van der Waals surface area (Å²) in [6, 6.07) is 33.3. The van der Waals surface area contributed by atoms with Crippen LogP contribution in [0.3, 0.4) is 0 Å². The molecule has 0 saturated carbocycles. The van der Waals surface area contributed by atoms with Gasteiger partial charge in [0, 0.05) is 57.6 Å². The summed E-state index contributed by atoms with van der Waals surface area (Å²) in [7, 11) is -3.73. The monoisotopic (exact) mass is 923 g/mol. The van der Waals surface area contributed by atoms with E-state index < -0.39 is 20.0 Å². The minimum atomic E-state index is -3.73. The topological polar surface area (TPSA) is 204 Å². The number of nitriles is 1. The van der Waals surface area contributed by atoms with Crippen LogP contribution in [0.5, 0.6) is 0 Å². The summed E-state index contributed by atoms with van der Waals surface area (Å²) >= 11 is 16.3. The van der Waals surface area contributed by atoms with Crippen molar-refractivity contribution in [2.45, 2.75) is 42.8 Å². The maximum Gasteiger partial charge on any atom is 1.00 e. The molecule has 0 amide bonds. The maximum atomic E-state index is 10.7. The summed E-state index contributed by atoms with van der Waals surface area (Å²) < 4.78 is 30.5. The molecular formula is C38H39ClN7NaO7S5. The van der Waals surface area contributed by atoms with E-state index in [0.29, 0.717) is 11.4 Å². The van der Waals surface area contributed by atoms with Gasteiger partial charge in [-0.2, -0.15) is 12.8 Å². The molecule has 0 N–H and O–H groups in total. The molecule has 0 bridgehead atoms. The van der Waals surface area contributed by atoms with Crippen molar-refractivity contribution in [2.24, 2.45) is 5.16 Å². The van der Waals surface area contributed by atoms with E-state index in [-0.39, 0.29) is 61.0 Å². The standard InChI is InChI=1S/C15H11N3O2S2.C8H7ClN2O5S.C7H8S.C5H5N.CHNS.2CH4.Na/c1-10-2-8-13(9-3-10)21-15-16-14(17-22-15)11-4-6-12(7-5-11)18(19)20;1-17(14,15)16-10-8(9)6-2-4-7(5-3-6)11(12)13;1-6-2-4-7(8)5-3-6;1-2-4-6-5-3-1;2-1-3;;;/h2-9H,1H3;2-5H,1H3;2-5,8H,1H3;1-5H;3H;2*1H4;/q;;;;;;;+1/p-1/b;10-8+;;;;;;. The Balaban J connectivity index is 0. The Morgan fingerprint density at radius 3 is 1.71 bits per heavy atom. The van der Waals surface area contributed by atoms with Gasteiger partial charge < -0.3 is 12.6 Å². The van der Waals surface area contributed by atoms with Crippen LogP contribution < -0.4 is 29.6 Å². The molecule has 0 unspecified atom stereocenters. The molecule has 2 heterocycles. The molecule has 0 saturated heterocycles. The summed E-state index contributed by atoms with van der Waals surface area (Å²) in [5.41, 5.74) is 3.53. The molecule has 0 aliphatic heterocycles. The van der Waals surface area contributed by atoms with Gasteiger partial charge in [-0.3, -0.25) is 29.5 Å². The molecular weight excluding hydrogens is 885 g/mol. The second-order valence-electron chi connectivity index (χ2n) is 10.5. The summed E-state index contributed by atoms with van der Waals surface area (Å²) in [5, 5.41) is 32.4. The first-order valence-corrected chi connectivity index (χ1v) is 20.1. The quantitative estimate of drug-likeness (QED) is 0.0296. The van der Waals surface area contributed by atoms with Gasteiger partial charge >= 0.3 is 39.7 Å². The van der Waals surface area contributed by atoms with Gasteiger partial charge in [0.15, 0.2) is 15.3 Å². The molecule has 21 heteroatoms. The van der Waals surface area contributed by atoms with E-state index in [1.54, 1.807) is 36.3 Å². The molecule has 6 aromatic rings. The molecule has 0 fully saturated rings. The van der Waals surface area contributed by atoms with E-state index in [1.165, 1.54) is 64.5 Å². The SMILES string of the molecule is C.C.CS(=O)(=O)O/N=C(/Cl)c1ccc([N+](=O)[O-])cc1.Cc1ccc(S)cc1.Cc1ccc(Sc2nc(-c3ccc([N+](=O)[O-])cc3)ns2)cc1.N#C[S-].[Na+].c1ccncc1. The normalized spacial score (nSPS) is 9.66. The molecule has 306 valence electrons. The Bertz CT molecular complexity index is 2250. The molecule has 6 rings (SSSR count). The second kappa shape index (κ2) is 30.5. The fourth-order valence-electron chi connectivity index (χ4n) is 3.54. The number of thiol groups is 1. The summed E-state index contributed by atoms with van der Waals surface area (Å²) in [6.07, 6.45) is 4.32. The van der Waals surface area contributed by atoms with Gasteiger partial charge in [-0.05, 0) is 86.0 Å². The number of hydrogen-bond donors (Lipinski definition) is 1. The molecule has 0 aliphatic rings. The molecule has 0 spiro atoms. The number of thiocyanates is 1. The van der Waals surface area contributed by atoms with Crippen molar-refractivity contribution in [3.05, 3.63) is 165 Å². The fraction of sp³-hybridized carbons (Fsp3) is 0.132.